The summed E-state index contributed by atoms with van der Waals surface area (Å²) in [6.45, 7) is 31.7. The molecule has 0 spiro atoms. The van der Waals surface area contributed by atoms with Crippen LogP contribution >= 0.6 is 0 Å². The molecule has 0 N–H and O–H groups in total. The minimum absolute atomic E-state index is 0.00910. The van der Waals surface area contributed by atoms with Crippen LogP contribution in [0.4, 0.5) is 26.3 Å². The molecule has 119 heavy (non-hydrogen) atoms. The minimum Gasteiger partial charge on any atom is -0.466 e. The third-order valence-corrected chi connectivity index (χ3v) is 15.3. The number of ether oxygens (including phenoxy) is 22. The van der Waals surface area contributed by atoms with Crippen LogP contribution in [0, 0.1) is 10.8 Å². The summed E-state index contributed by atoms with van der Waals surface area (Å²) < 4.78 is 176. The summed E-state index contributed by atoms with van der Waals surface area (Å²) in [6, 6.07) is 0. The van der Waals surface area contributed by atoms with Crippen LogP contribution in [-0.2, 0) is 210 Å². The van der Waals surface area contributed by atoms with Crippen LogP contribution in [0.15, 0.2) is 0 Å². The van der Waals surface area contributed by atoms with E-state index in [1.807, 2.05) is 27.7 Å². The summed E-state index contributed by atoms with van der Waals surface area (Å²) in [4.78, 5) is 242. The monoisotopic (exact) mass is 1730 g/mol. The third kappa shape index (κ3) is 30.4. The summed E-state index contributed by atoms with van der Waals surface area (Å²) in [5.74, 6) is -25.6. The maximum absolute atomic E-state index is 12.7. The summed E-state index contributed by atoms with van der Waals surface area (Å²) in [5, 5.41) is 0. The van der Waals surface area contributed by atoms with Crippen LogP contribution in [0.1, 0.15) is 145 Å². The van der Waals surface area contributed by atoms with E-state index < -0.39 is 226 Å². The van der Waals surface area contributed by atoms with Crippen molar-refractivity contribution in [3.8, 4) is 0 Å². The van der Waals surface area contributed by atoms with E-state index in [-0.39, 0.29) is 64.3 Å². The Morgan fingerprint density at radius 2 is 0.521 bits per heavy atom. The average molecular weight is 1740 g/mol. The van der Waals surface area contributed by atoms with E-state index in [0.29, 0.717) is 6.42 Å². The van der Waals surface area contributed by atoms with Gasteiger partial charge in [-0.15, -0.1) is 0 Å². The highest BCUT2D eigenvalue weighted by Crippen LogP contribution is 2.53. The zero-order valence-corrected chi connectivity index (χ0v) is 67.8. The molecule has 0 radical (unpaired) electrons. The second-order valence-corrected chi connectivity index (χ2v) is 29.2. The molecule has 670 valence electrons. The first-order valence-corrected chi connectivity index (χ1v) is 34.4. The lowest BCUT2D eigenvalue weighted by atomic mass is 9.83. The molecule has 0 amide bonds. The number of carbonyl (C=O) groups excluding carboxylic acids is 22. The summed E-state index contributed by atoms with van der Waals surface area (Å²) in [7, 11) is 2.06. The zero-order valence-electron chi connectivity index (χ0n) is 67.8. The van der Waals surface area contributed by atoms with E-state index in [1.54, 1.807) is 83.1 Å². The molecule has 0 aliphatic carbocycles. The first kappa shape index (κ1) is 105. The third-order valence-electron chi connectivity index (χ3n) is 15.3. The Kier molecular flexibility index (Phi) is 36.9. The van der Waals surface area contributed by atoms with Crippen LogP contribution in [0.3, 0.4) is 0 Å². The number of rotatable bonds is 10. The lowest BCUT2D eigenvalue weighted by Gasteiger charge is -2.47. The van der Waals surface area contributed by atoms with Gasteiger partial charge in [-0.3, -0.25) is 0 Å². The minimum atomic E-state index is -5.58. The van der Waals surface area contributed by atoms with Gasteiger partial charge in [-0.25, -0.2) is 105 Å². The van der Waals surface area contributed by atoms with Gasteiger partial charge in [0.1, 0.15) is 48.8 Å². The van der Waals surface area contributed by atoms with Gasteiger partial charge in [0.15, 0.2) is 0 Å². The summed E-state index contributed by atoms with van der Waals surface area (Å²) >= 11 is 0. The van der Waals surface area contributed by atoms with E-state index in [4.69, 9.17) is 28.4 Å². The Labute approximate surface area is 670 Å². The molecule has 8 atom stereocenters. The van der Waals surface area contributed by atoms with Gasteiger partial charge in [0.05, 0.1) is 39.6 Å². The van der Waals surface area contributed by atoms with Crippen molar-refractivity contribution < 1.29 is 236 Å². The van der Waals surface area contributed by atoms with Crippen LogP contribution in [0.25, 0.3) is 0 Å². The summed E-state index contributed by atoms with van der Waals surface area (Å²) in [6.07, 6.45) is -21.5. The molecule has 8 aliphatic rings. The van der Waals surface area contributed by atoms with Gasteiger partial charge in [0.2, 0.25) is 36.6 Å². The highest BCUT2D eigenvalue weighted by atomic mass is 19.4. The predicted octanol–water partition coefficient (Wildman–Crippen LogP) is 0.477. The Hall–Kier alpha value is -12.1. The highest BCUT2D eigenvalue weighted by Gasteiger charge is 2.79. The number of cyclic esters (lactones) is 16. The molecule has 8 heterocycles. The lowest BCUT2D eigenvalue weighted by Crippen LogP contribution is -2.73. The van der Waals surface area contributed by atoms with Crippen molar-refractivity contribution in [1.29, 1.82) is 0 Å². The van der Waals surface area contributed by atoms with E-state index in [2.05, 4.69) is 75.8 Å². The van der Waals surface area contributed by atoms with E-state index >= 15 is 0 Å². The van der Waals surface area contributed by atoms with Crippen molar-refractivity contribution >= 4 is 131 Å². The molecule has 8 rings (SSSR count). The number of hydrogen-bond donors (Lipinski definition) is 0. The fourth-order valence-electron chi connectivity index (χ4n) is 8.80. The number of esters is 22. The van der Waals surface area contributed by atoms with Crippen LogP contribution < -0.4 is 0 Å². The number of hydrogen-bond acceptors (Lipinski definition) is 44. The quantitative estimate of drug-likeness (QED) is 0.124. The van der Waals surface area contributed by atoms with Gasteiger partial charge in [0.25, 0.3) is 11.2 Å². The van der Waals surface area contributed by atoms with Gasteiger partial charge in [-0.05, 0) is 111 Å². The fourth-order valence-corrected chi connectivity index (χ4v) is 8.80. The van der Waals surface area contributed by atoms with Crippen LogP contribution in [-0.4, -0.2) is 280 Å². The maximum atomic E-state index is 12.7. The molecule has 0 saturated carbocycles. The lowest BCUT2D eigenvalue weighted by molar-refractivity contribution is -0.385. The van der Waals surface area contributed by atoms with Gasteiger partial charge < -0.3 is 104 Å². The molecular weight excluding hydrogens is 1650 g/mol. The zero-order chi connectivity index (χ0) is 92.8. The SMILES string of the molecule is CC(C)OC(=O)[C@@H]1OC(=O)C(=O)O[C@H]1C(=O)OC(C)C.CC1(C(F)(F)F)OC(=O)C(=O)OC1(C)C(F)(F)F.CC1(C)CC(C)(C)OC(=O)C(=O)O1.CC1(C)COC(=O)C(=O)OC1.CC1(C)COC(=O)C(=O)OC1.CC1(C)OC(=O)C(=O)OC1(C)C.CCOC(=O)[C@@H]1OC(=O)C(=O)O[C@H]1C(=O)OCC.COC(=O)[C@@H]1OC(=O)C(=O)O[C@H]1C(=O)OC. The Balaban J connectivity index is 0.000000686. The van der Waals surface area contributed by atoms with Crippen molar-refractivity contribution in [3.05, 3.63) is 0 Å². The highest BCUT2D eigenvalue weighted by molar-refractivity contribution is 6.33. The molecule has 2 unspecified atom stereocenters. The Morgan fingerprint density at radius 3 is 0.723 bits per heavy atom. The second kappa shape index (κ2) is 41.8. The topological polar surface area (TPSA) is 579 Å². The molecule has 0 aromatic carbocycles. The van der Waals surface area contributed by atoms with Crippen LogP contribution in [0.2, 0.25) is 0 Å². The number of alkyl halides is 6. The molecule has 0 aromatic rings. The van der Waals surface area contributed by atoms with Crippen LogP contribution in [0.5, 0.6) is 0 Å². The van der Waals surface area contributed by atoms with E-state index in [1.165, 1.54) is 13.8 Å². The van der Waals surface area contributed by atoms with Crippen molar-refractivity contribution in [2.45, 2.75) is 240 Å². The molecule has 44 nitrogen and oxygen atoms in total. The van der Waals surface area contributed by atoms with Crippen molar-refractivity contribution in [2.75, 3.05) is 53.9 Å². The average Bonchev–Trinajstić information content (AvgIpc) is 1.08. The van der Waals surface area contributed by atoms with E-state index in [9.17, 15) is 132 Å². The molecule has 0 aromatic heterocycles. The largest absolute Gasteiger partial charge is 0.466 e. The number of halogens is 6. The van der Waals surface area contributed by atoms with Gasteiger partial charge >= 0.3 is 144 Å². The Bertz CT molecular complexity index is 3610. The molecule has 50 heteroatoms. The first-order valence-electron chi connectivity index (χ1n) is 34.4. The van der Waals surface area contributed by atoms with Crippen molar-refractivity contribution in [1.82, 2.24) is 0 Å². The first-order chi connectivity index (χ1) is 54.0. The molecule has 8 aliphatic heterocycles. The molecule has 8 fully saturated rings. The maximum Gasteiger partial charge on any atom is 0.432 e. The van der Waals surface area contributed by atoms with Gasteiger partial charge in [-0.1, -0.05) is 27.7 Å². The van der Waals surface area contributed by atoms with Crippen molar-refractivity contribution in [2.24, 2.45) is 10.8 Å². The smallest absolute Gasteiger partial charge is 0.432 e. The molecule has 0 bridgehead atoms. The van der Waals surface area contributed by atoms with Gasteiger partial charge in [-0.2, -0.15) is 26.3 Å². The second-order valence-electron chi connectivity index (χ2n) is 29.2. The predicted molar refractivity (Wildman–Crippen MR) is 357 cm³/mol. The summed E-state index contributed by atoms with van der Waals surface area (Å²) in [5.41, 5.74) is -11.4. The number of carbonyl (C=O) groups is 22. The molecular formula is C69H88F6O44. The van der Waals surface area contributed by atoms with E-state index in [0.717, 1.165) is 14.2 Å². The normalized spacial score (nSPS) is 25.4. The number of methoxy groups -OCH3 is 2. The van der Waals surface area contributed by atoms with Gasteiger partial charge in [0, 0.05) is 17.3 Å². The fraction of sp³-hybridized carbons (Fsp3) is 0.681. The van der Waals surface area contributed by atoms with Crippen molar-refractivity contribution in [3.63, 3.8) is 0 Å². The Morgan fingerprint density at radius 1 is 0.319 bits per heavy atom. The molecule has 8 saturated heterocycles. The standard InChI is InChI=1S/C12H16O8.C10H12O8.C9H14O4.C8H6F6O4.C8H8O8.C8H12O4.2C7H10O4/c1-5(2)17-9(13)7-8(10(14)18-6(3)4)20-12(16)11(15)19-7;1-3-15-7(11)5-6(8(12)16-4-2)18-10(14)9(13)17-5;1-8(2)5-9(3,4)13-7(11)6(10)12-8;1-5(7(9,10)11)6(2,8(12,13)14)18-4(16)3(15)17-5;1-13-5(9)3-4(6(10)14-2)16-8(12)7(11)15-3;1-7(2)8(3,4)12-6(10)5(9)11-7;2*1-7(2)3-10-5(8)6(9)11-4-7/h5-8H,1-4H3;5-6H,3-4H2,1-2H3;5H2,1-4H3;1-2H3;3-4H,1-2H3;1-4H3;2*3-4H2,1-2H3/t7-,8-;5-,6-;;;3-,4-;;;/m11..1.../s1.